The summed E-state index contributed by atoms with van der Waals surface area (Å²) in [6, 6.07) is 14.6. The molecular weight excluding hydrogens is 250 g/mol. The second kappa shape index (κ2) is 5.57. The SMILES string of the molecule is CO/N=C(/Cn1ccnc1)c1ccc2ccccc2c1. The van der Waals surface area contributed by atoms with E-state index in [1.165, 1.54) is 10.8 Å². The molecule has 0 bridgehead atoms. The van der Waals surface area contributed by atoms with Crippen molar-refractivity contribution in [2.45, 2.75) is 6.54 Å². The van der Waals surface area contributed by atoms with Gasteiger partial charge in [-0.15, -0.1) is 0 Å². The maximum Gasteiger partial charge on any atom is 0.107 e. The van der Waals surface area contributed by atoms with Gasteiger partial charge in [0, 0.05) is 18.0 Å². The van der Waals surface area contributed by atoms with E-state index in [4.69, 9.17) is 4.84 Å². The molecule has 2 aromatic carbocycles. The highest BCUT2D eigenvalue weighted by Crippen LogP contribution is 2.17. The summed E-state index contributed by atoms with van der Waals surface area (Å²) in [6.07, 6.45) is 5.43. The number of hydrogen-bond donors (Lipinski definition) is 0. The lowest BCUT2D eigenvalue weighted by atomic mass is 10.0. The molecule has 1 heterocycles. The molecule has 1 aromatic heterocycles. The Kier molecular flexibility index (Phi) is 3.46. The Bertz CT molecular complexity index is 732. The van der Waals surface area contributed by atoms with Crippen LogP contribution in [-0.2, 0) is 11.4 Å². The van der Waals surface area contributed by atoms with Gasteiger partial charge in [0.05, 0.1) is 12.9 Å². The summed E-state index contributed by atoms with van der Waals surface area (Å²) in [4.78, 5) is 9.02. The van der Waals surface area contributed by atoms with Crippen LogP contribution in [0.15, 0.2) is 66.3 Å². The zero-order valence-corrected chi connectivity index (χ0v) is 11.2. The van der Waals surface area contributed by atoms with Crippen LogP contribution in [0.5, 0.6) is 0 Å². The van der Waals surface area contributed by atoms with Gasteiger partial charge in [-0.05, 0) is 16.8 Å². The molecule has 0 radical (unpaired) electrons. The molecule has 3 rings (SSSR count). The van der Waals surface area contributed by atoms with Gasteiger partial charge in [-0.2, -0.15) is 0 Å². The Morgan fingerprint density at radius 1 is 1.20 bits per heavy atom. The Morgan fingerprint density at radius 3 is 2.80 bits per heavy atom. The minimum Gasteiger partial charge on any atom is -0.399 e. The third-order valence-electron chi connectivity index (χ3n) is 3.18. The van der Waals surface area contributed by atoms with E-state index in [2.05, 4.69) is 40.5 Å². The van der Waals surface area contributed by atoms with Gasteiger partial charge in [0.15, 0.2) is 0 Å². The summed E-state index contributed by atoms with van der Waals surface area (Å²) in [7, 11) is 1.56. The molecule has 3 aromatic rings. The van der Waals surface area contributed by atoms with E-state index < -0.39 is 0 Å². The van der Waals surface area contributed by atoms with Gasteiger partial charge >= 0.3 is 0 Å². The Hall–Kier alpha value is -2.62. The number of aromatic nitrogens is 2. The van der Waals surface area contributed by atoms with Crippen molar-refractivity contribution >= 4 is 16.5 Å². The molecule has 0 amide bonds. The number of benzene rings is 2. The highest BCUT2D eigenvalue weighted by atomic mass is 16.6. The molecule has 0 N–H and O–H groups in total. The van der Waals surface area contributed by atoms with Crippen molar-refractivity contribution in [3.63, 3.8) is 0 Å². The van der Waals surface area contributed by atoms with Crippen molar-refractivity contribution in [3.8, 4) is 0 Å². The molecule has 0 saturated heterocycles. The van der Waals surface area contributed by atoms with Gasteiger partial charge in [-0.1, -0.05) is 41.6 Å². The van der Waals surface area contributed by atoms with Gasteiger partial charge in [0.2, 0.25) is 0 Å². The Balaban J connectivity index is 1.98. The van der Waals surface area contributed by atoms with E-state index in [0.29, 0.717) is 6.54 Å². The molecule has 100 valence electrons. The van der Waals surface area contributed by atoms with Crippen LogP contribution in [0.1, 0.15) is 5.56 Å². The van der Waals surface area contributed by atoms with Crippen LogP contribution in [0.25, 0.3) is 10.8 Å². The molecule has 0 saturated carbocycles. The zero-order valence-electron chi connectivity index (χ0n) is 11.2. The van der Waals surface area contributed by atoms with Crippen LogP contribution >= 0.6 is 0 Å². The van der Waals surface area contributed by atoms with Crippen LogP contribution in [0.3, 0.4) is 0 Å². The summed E-state index contributed by atoms with van der Waals surface area (Å²) in [6.45, 7) is 0.631. The number of rotatable bonds is 4. The molecule has 0 spiro atoms. The molecule has 0 aliphatic heterocycles. The van der Waals surface area contributed by atoms with Gasteiger partial charge in [0.25, 0.3) is 0 Å². The average Bonchev–Trinajstić information content (AvgIpc) is 2.99. The lowest BCUT2D eigenvalue weighted by Crippen LogP contribution is -2.11. The fourth-order valence-electron chi connectivity index (χ4n) is 2.21. The quantitative estimate of drug-likeness (QED) is 0.537. The number of imidazole rings is 1. The third-order valence-corrected chi connectivity index (χ3v) is 3.18. The van der Waals surface area contributed by atoms with Crippen molar-refractivity contribution in [2.75, 3.05) is 7.11 Å². The van der Waals surface area contributed by atoms with E-state index in [1.54, 1.807) is 19.6 Å². The largest absolute Gasteiger partial charge is 0.399 e. The smallest absolute Gasteiger partial charge is 0.107 e. The first-order valence-electron chi connectivity index (χ1n) is 6.42. The van der Waals surface area contributed by atoms with E-state index in [-0.39, 0.29) is 0 Å². The van der Waals surface area contributed by atoms with Gasteiger partial charge in [0.1, 0.15) is 12.8 Å². The second-order valence-corrected chi connectivity index (χ2v) is 4.52. The standard InChI is InChI=1S/C16H15N3O/c1-20-18-16(11-19-9-8-17-12-19)15-7-6-13-4-2-3-5-14(13)10-15/h2-10,12H,11H2,1H3/b18-16-. The van der Waals surface area contributed by atoms with Crippen LogP contribution in [0.4, 0.5) is 0 Å². The third kappa shape index (κ3) is 2.54. The maximum atomic E-state index is 4.97. The molecule has 0 unspecified atom stereocenters. The van der Waals surface area contributed by atoms with Gasteiger partial charge in [-0.3, -0.25) is 0 Å². The number of nitrogens with zero attached hydrogens (tertiary/aromatic N) is 3. The Morgan fingerprint density at radius 2 is 2.05 bits per heavy atom. The summed E-state index contributed by atoms with van der Waals surface area (Å²) in [5.41, 5.74) is 1.93. The van der Waals surface area contributed by atoms with Gasteiger partial charge < -0.3 is 9.40 Å². The maximum absolute atomic E-state index is 4.97. The summed E-state index contributed by atoms with van der Waals surface area (Å²) in [5, 5.41) is 6.56. The van der Waals surface area contributed by atoms with Crippen molar-refractivity contribution in [1.29, 1.82) is 0 Å². The molecule has 0 fully saturated rings. The monoisotopic (exact) mass is 265 g/mol. The van der Waals surface area contributed by atoms with E-state index >= 15 is 0 Å². The number of oxime groups is 1. The Labute approximate surface area is 117 Å². The van der Waals surface area contributed by atoms with E-state index in [0.717, 1.165) is 11.3 Å². The highest BCUT2D eigenvalue weighted by molar-refractivity contribution is 6.03. The van der Waals surface area contributed by atoms with Crippen LogP contribution in [0, 0.1) is 0 Å². The minimum atomic E-state index is 0.631. The summed E-state index contributed by atoms with van der Waals surface area (Å²) < 4.78 is 1.97. The average molecular weight is 265 g/mol. The van der Waals surface area contributed by atoms with Crippen LogP contribution in [0.2, 0.25) is 0 Å². The first-order valence-corrected chi connectivity index (χ1v) is 6.42. The topological polar surface area (TPSA) is 39.4 Å². The summed E-state index contributed by atoms with van der Waals surface area (Å²) >= 11 is 0. The predicted molar refractivity (Wildman–Crippen MR) is 79.7 cm³/mol. The first-order chi connectivity index (χ1) is 9.86. The fraction of sp³-hybridized carbons (Fsp3) is 0.125. The van der Waals surface area contributed by atoms with Crippen LogP contribution in [-0.4, -0.2) is 22.4 Å². The fourth-order valence-corrected chi connectivity index (χ4v) is 2.21. The molecule has 4 heteroatoms. The van der Waals surface area contributed by atoms with E-state index in [1.807, 2.05) is 22.9 Å². The molecule has 4 nitrogen and oxygen atoms in total. The molecule has 20 heavy (non-hydrogen) atoms. The molecule has 0 aliphatic rings. The number of fused-ring (bicyclic) bond motifs is 1. The van der Waals surface area contributed by atoms with Gasteiger partial charge in [-0.25, -0.2) is 4.98 Å². The highest BCUT2D eigenvalue weighted by Gasteiger charge is 2.06. The lowest BCUT2D eigenvalue weighted by Gasteiger charge is -2.08. The molecule has 0 atom stereocenters. The van der Waals surface area contributed by atoms with Crippen molar-refractivity contribution in [3.05, 3.63) is 66.7 Å². The minimum absolute atomic E-state index is 0.631. The van der Waals surface area contributed by atoms with Crippen LogP contribution < -0.4 is 0 Å². The first kappa shape index (κ1) is 12.4. The summed E-state index contributed by atoms with van der Waals surface area (Å²) in [5.74, 6) is 0. The predicted octanol–water partition coefficient (Wildman–Crippen LogP) is 3.09. The van der Waals surface area contributed by atoms with Crippen molar-refractivity contribution in [2.24, 2.45) is 5.16 Å². The zero-order chi connectivity index (χ0) is 13.8. The van der Waals surface area contributed by atoms with Crippen molar-refractivity contribution in [1.82, 2.24) is 9.55 Å². The van der Waals surface area contributed by atoms with E-state index in [9.17, 15) is 0 Å². The lowest BCUT2D eigenvalue weighted by molar-refractivity contribution is 0.212. The normalized spacial score (nSPS) is 11.8. The number of hydrogen-bond acceptors (Lipinski definition) is 3. The second-order valence-electron chi connectivity index (χ2n) is 4.52. The molecular formula is C16H15N3O. The van der Waals surface area contributed by atoms with Crippen molar-refractivity contribution < 1.29 is 4.84 Å². The molecule has 0 aliphatic carbocycles.